The second-order valence-corrected chi connectivity index (χ2v) is 6.10. The Kier molecular flexibility index (Phi) is 4.73. The summed E-state index contributed by atoms with van der Waals surface area (Å²) in [5.41, 5.74) is 0. The lowest BCUT2D eigenvalue weighted by atomic mass is 10.2. The molecule has 2 saturated heterocycles. The van der Waals surface area contributed by atoms with Crippen LogP contribution in [0, 0.1) is 11.3 Å². The van der Waals surface area contributed by atoms with Gasteiger partial charge < -0.3 is 14.4 Å². The molecule has 3 fully saturated rings. The Hall–Kier alpha value is -1.16. The summed E-state index contributed by atoms with van der Waals surface area (Å²) in [6, 6.07) is 2.75. The largest absolute Gasteiger partial charge is 0.376 e. The van der Waals surface area contributed by atoms with Gasteiger partial charge in [-0.3, -0.25) is 9.69 Å². The van der Waals surface area contributed by atoms with E-state index in [0.717, 1.165) is 26.0 Å². The van der Waals surface area contributed by atoms with Gasteiger partial charge in [0.2, 0.25) is 5.91 Å². The highest BCUT2D eigenvalue weighted by atomic mass is 16.5. The van der Waals surface area contributed by atoms with E-state index in [4.69, 9.17) is 9.47 Å². The Balaban J connectivity index is 1.41. The number of rotatable bonds is 5. The molecule has 116 valence electrons. The second kappa shape index (κ2) is 6.73. The monoisotopic (exact) mass is 293 g/mol. The number of hydrogen-bond donors (Lipinski definition) is 0. The minimum atomic E-state index is -0.159. The maximum atomic E-state index is 12.2. The highest BCUT2D eigenvalue weighted by Crippen LogP contribution is 2.30. The predicted octanol–water partition coefficient (Wildman–Crippen LogP) is 0.381. The van der Waals surface area contributed by atoms with Gasteiger partial charge in [0.15, 0.2) is 0 Å². The van der Waals surface area contributed by atoms with Crippen molar-refractivity contribution in [3.8, 4) is 6.07 Å². The molecule has 1 saturated carbocycles. The van der Waals surface area contributed by atoms with E-state index in [1.165, 1.54) is 12.8 Å². The van der Waals surface area contributed by atoms with Crippen LogP contribution in [-0.2, 0) is 14.3 Å². The lowest BCUT2D eigenvalue weighted by Crippen LogP contribution is -2.55. The fourth-order valence-corrected chi connectivity index (χ4v) is 3.13. The normalized spacial score (nSPS) is 30.3. The van der Waals surface area contributed by atoms with Crippen LogP contribution in [0.3, 0.4) is 0 Å². The molecule has 0 unspecified atom stereocenters. The van der Waals surface area contributed by atoms with E-state index in [1.807, 2.05) is 0 Å². The average Bonchev–Trinajstić information content (AvgIpc) is 3.23. The van der Waals surface area contributed by atoms with Crippen molar-refractivity contribution < 1.29 is 14.3 Å². The SMILES string of the molecule is N#C[C@@H]1CN(C(=O)COC[C@@H]2CCCO2)CCN1C1CC1. The first-order valence-corrected chi connectivity index (χ1v) is 7.90. The Morgan fingerprint density at radius 1 is 1.33 bits per heavy atom. The smallest absolute Gasteiger partial charge is 0.248 e. The third kappa shape index (κ3) is 3.73. The number of nitrogens with zero attached hydrogens (tertiary/aromatic N) is 3. The van der Waals surface area contributed by atoms with Crippen LogP contribution < -0.4 is 0 Å². The van der Waals surface area contributed by atoms with E-state index in [9.17, 15) is 10.1 Å². The van der Waals surface area contributed by atoms with Gasteiger partial charge in [0.05, 0.1) is 18.8 Å². The van der Waals surface area contributed by atoms with Crippen LogP contribution in [0.1, 0.15) is 25.7 Å². The van der Waals surface area contributed by atoms with Crippen molar-refractivity contribution in [2.75, 3.05) is 39.5 Å². The molecule has 1 aliphatic carbocycles. The van der Waals surface area contributed by atoms with Gasteiger partial charge >= 0.3 is 0 Å². The number of nitriles is 1. The van der Waals surface area contributed by atoms with Gasteiger partial charge in [-0.1, -0.05) is 0 Å². The van der Waals surface area contributed by atoms with E-state index < -0.39 is 0 Å². The van der Waals surface area contributed by atoms with Crippen LogP contribution in [0.5, 0.6) is 0 Å². The molecule has 0 aromatic heterocycles. The highest BCUT2D eigenvalue weighted by Gasteiger charge is 2.38. The molecule has 2 heterocycles. The number of amides is 1. The molecule has 3 aliphatic rings. The molecule has 0 bridgehead atoms. The summed E-state index contributed by atoms with van der Waals surface area (Å²) < 4.78 is 10.9. The Morgan fingerprint density at radius 2 is 2.19 bits per heavy atom. The summed E-state index contributed by atoms with van der Waals surface area (Å²) in [5, 5.41) is 9.28. The summed E-state index contributed by atoms with van der Waals surface area (Å²) >= 11 is 0. The summed E-state index contributed by atoms with van der Waals surface area (Å²) in [6.45, 7) is 3.41. The first-order chi connectivity index (χ1) is 10.3. The van der Waals surface area contributed by atoms with E-state index in [1.54, 1.807) is 4.90 Å². The molecule has 1 amide bonds. The van der Waals surface area contributed by atoms with Crippen LogP contribution in [0.4, 0.5) is 0 Å². The maximum Gasteiger partial charge on any atom is 0.248 e. The van der Waals surface area contributed by atoms with Gasteiger partial charge in [0, 0.05) is 32.3 Å². The van der Waals surface area contributed by atoms with Crippen molar-refractivity contribution in [1.82, 2.24) is 9.80 Å². The van der Waals surface area contributed by atoms with Gasteiger partial charge in [-0.2, -0.15) is 5.26 Å². The van der Waals surface area contributed by atoms with Crippen molar-refractivity contribution >= 4 is 5.91 Å². The van der Waals surface area contributed by atoms with Gasteiger partial charge in [-0.25, -0.2) is 0 Å². The molecule has 0 N–H and O–H groups in total. The zero-order valence-electron chi connectivity index (χ0n) is 12.4. The molecule has 2 atom stereocenters. The molecule has 0 aromatic carbocycles. The van der Waals surface area contributed by atoms with Gasteiger partial charge in [0.1, 0.15) is 12.6 Å². The molecular weight excluding hydrogens is 270 g/mol. The lowest BCUT2D eigenvalue weighted by molar-refractivity contribution is -0.139. The zero-order valence-corrected chi connectivity index (χ0v) is 12.4. The topological polar surface area (TPSA) is 65.8 Å². The van der Waals surface area contributed by atoms with Gasteiger partial charge in [-0.05, 0) is 25.7 Å². The number of ether oxygens (including phenoxy) is 2. The molecule has 0 aromatic rings. The van der Waals surface area contributed by atoms with Crippen molar-refractivity contribution in [3.05, 3.63) is 0 Å². The Labute approximate surface area is 125 Å². The van der Waals surface area contributed by atoms with E-state index in [-0.39, 0.29) is 24.7 Å². The number of carbonyl (C=O) groups is 1. The summed E-state index contributed by atoms with van der Waals surface area (Å²) in [5.74, 6) is -0.0105. The minimum absolute atomic E-state index is 0.0105. The maximum absolute atomic E-state index is 12.2. The number of piperazine rings is 1. The molecule has 2 aliphatic heterocycles. The van der Waals surface area contributed by atoms with Crippen LogP contribution in [0.25, 0.3) is 0 Å². The fraction of sp³-hybridized carbons (Fsp3) is 0.867. The van der Waals surface area contributed by atoms with Crippen molar-refractivity contribution in [2.24, 2.45) is 0 Å². The van der Waals surface area contributed by atoms with E-state index in [0.29, 0.717) is 25.7 Å². The van der Waals surface area contributed by atoms with Crippen LogP contribution in [0.15, 0.2) is 0 Å². The Morgan fingerprint density at radius 3 is 2.86 bits per heavy atom. The average molecular weight is 293 g/mol. The third-order valence-corrected chi connectivity index (χ3v) is 4.49. The summed E-state index contributed by atoms with van der Waals surface area (Å²) in [6.07, 6.45) is 4.63. The van der Waals surface area contributed by atoms with Crippen molar-refractivity contribution in [1.29, 1.82) is 5.26 Å². The van der Waals surface area contributed by atoms with E-state index >= 15 is 0 Å². The molecule has 0 spiro atoms. The van der Waals surface area contributed by atoms with Crippen LogP contribution in [-0.4, -0.2) is 73.3 Å². The molecule has 3 rings (SSSR count). The van der Waals surface area contributed by atoms with Crippen molar-refractivity contribution in [2.45, 2.75) is 43.9 Å². The second-order valence-electron chi connectivity index (χ2n) is 6.10. The summed E-state index contributed by atoms with van der Waals surface area (Å²) in [7, 11) is 0. The summed E-state index contributed by atoms with van der Waals surface area (Å²) in [4.78, 5) is 16.2. The molecule has 21 heavy (non-hydrogen) atoms. The van der Waals surface area contributed by atoms with Crippen LogP contribution in [0.2, 0.25) is 0 Å². The fourth-order valence-electron chi connectivity index (χ4n) is 3.13. The van der Waals surface area contributed by atoms with E-state index in [2.05, 4.69) is 11.0 Å². The van der Waals surface area contributed by atoms with Crippen molar-refractivity contribution in [3.63, 3.8) is 0 Å². The van der Waals surface area contributed by atoms with Gasteiger partial charge in [-0.15, -0.1) is 0 Å². The first kappa shape index (κ1) is 14.8. The Bertz CT molecular complexity index is 413. The zero-order chi connectivity index (χ0) is 14.7. The standard InChI is InChI=1S/C15H23N3O3/c16-8-13-9-17(5-6-18(13)12-3-4-12)15(19)11-20-10-14-2-1-7-21-14/h12-14H,1-7,9-11H2/t13-,14+/m1/s1. The first-order valence-electron chi connectivity index (χ1n) is 7.90. The third-order valence-electron chi connectivity index (χ3n) is 4.49. The van der Waals surface area contributed by atoms with Gasteiger partial charge in [0.25, 0.3) is 0 Å². The molecule has 0 radical (unpaired) electrons. The quantitative estimate of drug-likeness (QED) is 0.733. The molecule has 6 nitrogen and oxygen atoms in total. The molecule has 6 heteroatoms. The molecular formula is C15H23N3O3. The highest BCUT2D eigenvalue weighted by molar-refractivity contribution is 5.77. The number of hydrogen-bond acceptors (Lipinski definition) is 5. The predicted molar refractivity (Wildman–Crippen MR) is 75.5 cm³/mol. The lowest BCUT2D eigenvalue weighted by Gasteiger charge is -2.38. The number of carbonyl (C=O) groups excluding carboxylic acids is 1. The minimum Gasteiger partial charge on any atom is -0.376 e. The van der Waals surface area contributed by atoms with Crippen LogP contribution >= 0.6 is 0 Å².